The molecule has 0 atom stereocenters. The van der Waals surface area contributed by atoms with E-state index in [1.165, 1.54) is 4.68 Å². The van der Waals surface area contributed by atoms with Crippen LogP contribution in [0.1, 0.15) is 43.6 Å². The Bertz CT molecular complexity index is 355. The second kappa shape index (κ2) is 3.40. The van der Waals surface area contributed by atoms with Gasteiger partial charge < -0.3 is 5.11 Å². The Kier molecular flexibility index (Phi) is 2.59. The zero-order valence-electron chi connectivity index (χ0n) is 8.90. The average Bonchev–Trinajstić information content (AvgIpc) is 2.48. The molecule has 1 rings (SSSR count). The number of hydrogen-bond acceptors (Lipinski definition) is 3. The lowest BCUT2D eigenvalue weighted by molar-refractivity contribution is 0.0683. The molecule has 0 aliphatic heterocycles. The van der Waals surface area contributed by atoms with Gasteiger partial charge in [0.15, 0.2) is 0 Å². The third-order valence-electron chi connectivity index (χ3n) is 2.44. The van der Waals surface area contributed by atoms with Crippen LogP contribution >= 0.6 is 0 Å². The number of carboxylic acid groups (broad SMARTS) is 1. The van der Waals surface area contributed by atoms with Gasteiger partial charge in [0, 0.05) is 12.5 Å². The third-order valence-corrected chi connectivity index (χ3v) is 2.44. The van der Waals surface area contributed by atoms with E-state index in [9.17, 15) is 4.79 Å². The number of aromatic carboxylic acids is 1. The normalized spacial score (nSPS) is 11.7. The molecule has 0 fully saturated rings. The van der Waals surface area contributed by atoms with Crippen molar-refractivity contribution in [3.05, 3.63) is 11.6 Å². The first-order valence-corrected chi connectivity index (χ1v) is 4.53. The number of rotatable bonds is 3. The summed E-state index contributed by atoms with van der Waals surface area (Å²) in [5.74, 6) is -0.514. The van der Waals surface area contributed by atoms with Gasteiger partial charge in [-0.15, -0.1) is 5.10 Å². The molecule has 0 bridgehead atoms. The van der Waals surface area contributed by atoms with E-state index >= 15 is 0 Å². The molecule has 0 saturated heterocycles. The van der Waals surface area contributed by atoms with Crippen LogP contribution in [0.4, 0.5) is 0 Å². The van der Waals surface area contributed by atoms with Gasteiger partial charge in [-0.25, -0.2) is 9.78 Å². The molecule has 5 nitrogen and oxygen atoms in total. The van der Waals surface area contributed by atoms with Gasteiger partial charge in [-0.3, -0.25) is 4.68 Å². The van der Waals surface area contributed by atoms with Crippen molar-refractivity contribution in [1.82, 2.24) is 14.8 Å². The largest absolute Gasteiger partial charge is 0.475 e. The zero-order chi connectivity index (χ0) is 10.9. The van der Waals surface area contributed by atoms with E-state index in [2.05, 4.69) is 10.1 Å². The lowest BCUT2D eigenvalue weighted by atomic mass is 9.89. The van der Waals surface area contributed by atoms with Crippen LogP contribution < -0.4 is 0 Å². The SMILES string of the molecule is CCC(C)(C)c1nc(C(=O)O)nn1C. The Labute approximate surface area is 82.8 Å². The number of hydrogen-bond donors (Lipinski definition) is 1. The Hall–Kier alpha value is -1.39. The van der Waals surface area contributed by atoms with Gasteiger partial charge in [0.1, 0.15) is 5.82 Å². The van der Waals surface area contributed by atoms with Crippen molar-refractivity contribution in [2.75, 3.05) is 0 Å². The molecule has 0 aliphatic rings. The fraction of sp³-hybridized carbons (Fsp3) is 0.667. The van der Waals surface area contributed by atoms with Crippen LogP contribution in [0.2, 0.25) is 0 Å². The van der Waals surface area contributed by atoms with E-state index in [4.69, 9.17) is 5.11 Å². The molecule has 0 radical (unpaired) electrons. The van der Waals surface area contributed by atoms with Gasteiger partial charge in [0.2, 0.25) is 0 Å². The maximum absolute atomic E-state index is 10.6. The third kappa shape index (κ3) is 1.76. The highest BCUT2D eigenvalue weighted by Gasteiger charge is 2.26. The summed E-state index contributed by atoms with van der Waals surface area (Å²) in [6.45, 7) is 6.07. The van der Waals surface area contributed by atoms with Crippen LogP contribution in [0.5, 0.6) is 0 Å². The second-order valence-electron chi connectivity index (χ2n) is 3.93. The van der Waals surface area contributed by atoms with Gasteiger partial charge in [-0.1, -0.05) is 20.8 Å². The summed E-state index contributed by atoms with van der Waals surface area (Å²) in [7, 11) is 1.71. The summed E-state index contributed by atoms with van der Waals surface area (Å²) in [6, 6.07) is 0. The number of carbonyl (C=O) groups is 1. The predicted octanol–water partition coefficient (Wildman–Crippen LogP) is 1.20. The first kappa shape index (κ1) is 10.7. The van der Waals surface area contributed by atoms with Crippen LogP contribution in [0.15, 0.2) is 0 Å². The van der Waals surface area contributed by atoms with Crippen molar-refractivity contribution in [3.8, 4) is 0 Å². The molecule has 1 N–H and O–H groups in total. The van der Waals surface area contributed by atoms with E-state index in [1.54, 1.807) is 7.05 Å². The van der Waals surface area contributed by atoms with Crippen molar-refractivity contribution in [2.45, 2.75) is 32.6 Å². The first-order chi connectivity index (χ1) is 6.38. The first-order valence-electron chi connectivity index (χ1n) is 4.53. The molecular formula is C9H15N3O2. The van der Waals surface area contributed by atoms with Crippen LogP contribution in [0.25, 0.3) is 0 Å². The van der Waals surface area contributed by atoms with E-state index in [1.807, 2.05) is 20.8 Å². The van der Waals surface area contributed by atoms with Crippen LogP contribution in [0.3, 0.4) is 0 Å². The van der Waals surface area contributed by atoms with Crippen molar-refractivity contribution in [2.24, 2.45) is 7.05 Å². The molecule has 0 amide bonds. The maximum Gasteiger partial charge on any atom is 0.375 e. The van der Waals surface area contributed by atoms with Crippen LogP contribution in [-0.2, 0) is 12.5 Å². The van der Waals surface area contributed by atoms with Gasteiger partial charge in [0.05, 0.1) is 0 Å². The number of carboxylic acids is 1. The fourth-order valence-electron chi connectivity index (χ4n) is 1.22. The van der Waals surface area contributed by atoms with Gasteiger partial charge in [-0.05, 0) is 6.42 Å². The summed E-state index contributed by atoms with van der Waals surface area (Å²) >= 11 is 0. The Morgan fingerprint density at radius 2 is 2.14 bits per heavy atom. The predicted molar refractivity (Wildman–Crippen MR) is 51.3 cm³/mol. The minimum Gasteiger partial charge on any atom is -0.475 e. The van der Waals surface area contributed by atoms with E-state index in [0.717, 1.165) is 6.42 Å². The average molecular weight is 197 g/mol. The Balaban J connectivity index is 3.17. The highest BCUT2D eigenvalue weighted by molar-refractivity contribution is 5.82. The van der Waals surface area contributed by atoms with E-state index in [-0.39, 0.29) is 11.2 Å². The minimum absolute atomic E-state index is 0.135. The topological polar surface area (TPSA) is 68.0 Å². The Morgan fingerprint density at radius 1 is 1.57 bits per heavy atom. The van der Waals surface area contributed by atoms with Crippen LogP contribution in [0, 0.1) is 0 Å². The van der Waals surface area contributed by atoms with E-state index in [0.29, 0.717) is 5.82 Å². The van der Waals surface area contributed by atoms with Gasteiger partial charge >= 0.3 is 5.97 Å². The summed E-state index contributed by atoms with van der Waals surface area (Å²) in [6.07, 6.45) is 0.887. The quantitative estimate of drug-likeness (QED) is 0.790. The highest BCUT2D eigenvalue weighted by atomic mass is 16.4. The second-order valence-corrected chi connectivity index (χ2v) is 3.93. The molecule has 1 heterocycles. The highest BCUT2D eigenvalue weighted by Crippen LogP contribution is 2.24. The number of aromatic nitrogens is 3. The van der Waals surface area contributed by atoms with Crippen LogP contribution in [-0.4, -0.2) is 25.8 Å². The van der Waals surface area contributed by atoms with Crippen molar-refractivity contribution in [3.63, 3.8) is 0 Å². The molecular weight excluding hydrogens is 182 g/mol. The fourth-order valence-corrected chi connectivity index (χ4v) is 1.22. The monoisotopic (exact) mass is 197 g/mol. The van der Waals surface area contributed by atoms with Crippen molar-refractivity contribution >= 4 is 5.97 Å². The van der Waals surface area contributed by atoms with Crippen molar-refractivity contribution in [1.29, 1.82) is 0 Å². The van der Waals surface area contributed by atoms with Crippen molar-refractivity contribution < 1.29 is 9.90 Å². The molecule has 0 spiro atoms. The standard InChI is InChI=1S/C9H15N3O2/c1-5-9(2,3)8-10-6(7(13)14)11-12(8)4/h5H2,1-4H3,(H,13,14). The summed E-state index contributed by atoms with van der Waals surface area (Å²) in [5.41, 5.74) is -0.143. The molecule has 78 valence electrons. The molecule has 5 heteroatoms. The molecule has 1 aromatic heterocycles. The summed E-state index contributed by atoms with van der Waals surface area (Å²) in [4.78, 5) is 14.6. The molecule has 0 unspecified atom stereocenters. The summed E-state index contributed by atoms with van der Waals surface area (Å²) in [5, 5.41) is 12.6. The molecule has 0 aliphatic carbocycles. The van der Waals surface area contributed by atoms with Gasteiger partial charge in [-0.2, -0.15) is 0 Å². The van der Waals surface area contributed by atoms with E-state index < -0.39 is 5.97 Å². The maximum atomic E-state index is 10.6. The summed E-state index contributed by atoms with van der Waals surface area (Å²) < 4.78 is 1.53. The Morgan fingerprint density at radius 3 is 2.50 bits per heavy atom. The molecule has 14 heavy (non-hydrogen) atoms. The van der Waals surface area contributed by atoms with Gasteiger partial charge in [0.25, 0.3) is 5.82 Å². The molecule has 0 saturated carbocycles. The molecule has 1 aromatic rings. The lowest BCUT2D eigenvalue weighted by Gasteiger charge is -2.20. The molecule has 0 aromatic carbocycles. The smallest absolute Gasteiger partial charge is 0.375 e. The minimum atomic E-state index is -1.08. The number of aryl methyl sites for hydroxylation is 1. The zero-order valence-corrected chi connectivity index (χ0v) is 8.90. The number of nitrogens with zero attached hydrogens (tertiary/aromatic N) is 3. The lowest BCUT2D eigenvalue weighted by Crippen LogP contribution is -2.21.